The summed E-state index contributed by atoms with van der Waals surface area (Å²) in [6, 6.07) is 4.12. The summed E-state index contributed by atoms with van der Waals surface area (Å²) < 4.78 is 0. The molecule has 22 heavy (non-hydrogen) atoms. The van der Waals surface area contributed by atoms with E-state index in [1.807, 2.05) is 18.0 Å². The van der Waals surface area contributed by atoms with Gasteiger partial charge in [0.15, 0.2) is 0 Å². The van der Waals surface area contributed by atoms with Gasteiger partial charge < -0.3 is 15.5 Å². The first-order valence-electron chi connectivity index (χ1n) is 7.93. The lowest BCUT2D eigenvalue weighted by atomic mass is 9.95. The average molecular weight is 323 g/mol. The highest BCUT2D eigenvalue weighted by atomic mass is 32.1. The number of nitrogens with zero attached hydrogens (tertiary/aromatic N) is 1. The Morgan fingerprint density at radius 1 is 1.32 bits per heavy atom. The monoisotopic (exact) mass is 323 g/mol. The second-order valence-electron chi connectivity index (χ2n) is 5.63. The van der Waals surface area contributed by atoms with Crippen LogP contribution in [0.15, 0.2) is 17.5 Å². The summed E-state index contributed by atoms with van der Waals surface area (Å²) >= 11 is 1.72. The molecule has 0 spiro atoms. The minimum absolute atomic E-state index is 0.0525. The van der Waals surface area contributed by atoms with Gasteiger partial charge in [0.05, 0.1) is 0 Å². The molecule has 1 aromatic rings. The molecular formula is C16H25N3O2S. The van der Waals surface area contributed by atoms with E-state index in [0.29, 0.717) is 32.6 Å². The fourth-order valence-corrected chi connectivity index (χ4v) is 3.40. The minimum Gasteiger partial charge on any atom is -0.355 e. The molecule has 0 unspecified atom stereocenters. The van der Waals surface area contributed by atoms with Crippen molar-refractivity contribution in [2.45, 2.75) is 25.7 Å². The molecule has 5 nitrogen and oxygen atoms in total. The molecule has 1 aliphatic rings. The van der Waals surface area contributed by atoms with Gasteiger partial charge >= 0.3 is 0 Å². The van der Waals surface area contributed by atoms with Gasteiger partial charge in [-0.15, -0.1) is 11.3 Å². The Balaban J connectivity index is 1.65. The van der Waals surface area contributed by atoms with Gasteiger partial charge in [-0.25, -0.2) is 0 Å². The third-order valence-electron chi connectivity index (χ3n) is 4.06. The average Bonchev–Trinajstić information content (AvgIpc) is 3.06. The third-order valence-corrected chi connectivity index (χ3v) is 4.99. The van der Waals surface area contributed by atoms with Gasteiger partial charge in [0, 0.05) is 43.4 Å². The molecule has 0 aromatic carbocycles. The van der Waals surface area contributed by atoms with Crippen molar-refractivity contribution < 1.29 is 9.59 Å². The molecule has 1 aliphatic heterocycles. The van der Waals surface area contributed by atoms with E-state index < -0.39 is 0 Å². The molecule has 2 amide bonds. The molecule has 1 aromatic heterocycles. The van der Waals surface area contributed by atoms with Crippen LogP contribution in [0.3, 0.4) is 0 Å². The lowest BCUT2D eigenvalue weighted by Gasteiger charge is -2.31. The minimum atomic E-state index is 0.0525. The number of amides is 2. The first kappa shape index (κ1) is 17.0. The molecule has 6 heteroatoms. The van der Waals surface area contributed by atoms with Crippen LogP contribution in [0, 0.1) is 5.92 Å². The Morgan fingerprint density at radius 3 is 2.73 bits per heavy atom. The molecule has 2 N–H and O–H groups in total. The van der Waals surface area contributed by atoms with Gasteiger partial charge in [0.25, 0.3) is 0 Å². The van der Waals surface area contributed by atoms with Gasteiger partial charge in [-0.3, -0.25) is 9.59 Å². The third kappa shape index (κ3) is 5.10. The van der Waals surface area contributed by atoms with Gasteiger partial charge in [-0.1, -0.05) is 6.07 Å². The number of likely N-dealkylation sites (tertiary alicyclic amines) is 1. The zero-order valence-corrected chi connectivity index (χ0v) is 14.0. The topological polar surface area (TPSA) is 61.4 Å². The van der Waals surface area contributed by atoms with Crippen LogP contribution in [0.25, 0.3) is 0 Å². The van der Waals surface area contributed by atoms with Crippen molar-refractivity contribution in [1.82, 2.24) is 15.5 Å². The van der Waals surface area contributed by atoms with Crippen LogP contribution in [0.1, 0.15) is 24.1 Å². The number of carbonyl (C=O) groups is 2. The first-order valence-corrected chi connectivity index (χ1v) is 8.81. The Labute approximate surface area is 136 Å². The van der Waals surface area contributed by atoms with Gasteiger partial charge in [0.2, 0.25) is 11.8 Å². The molecule has 2 rings (SSSR count). The predicted octanol–water partition coefficient (Wildman–Crippen LogP) is 1.25. The molecule has 0 saturated carbocycles. The van der Waals surface area contributed by atoms with Crippen LogP contribution in [-0.4, -0.2) is 49.9 Å². The quantitative estimate of drug-likeness (QED) is 0.794. The Bertz CT molecular complexity index is 468. The van der Waals surface area contributed by atoms with Gasteiger partial charge in [-0.2, -0.15) is 0 Å². The first-order chi connectivity index (χ1) is 10.7. The van der Waals surface area contributed by atoms with Crippen LogP contribution in [0.4, 0.5) is 0 Å². The number of thiophene rings is 1. The van der Waals surface area contributed by atoms with E-state index in [9.17, 15) is 9.59 Å². The van der Waals surface area contributed by atoms with Crippen LogP contribution in [-0.2, 0) is 16.0 Å². The second kappa shape index (κ2) is 8.90. The lowest BCUT2D eigenvalue weighted by Crippen LogP contribution is -2.43. The van der Waals surface area contributed by atoms with Crippen molar-refractivity contribution in [2.24, 2.45) is 5.92 Å². The van der Waals surface area contributed by atoms with E-state index in [0.717, 1.165) is 19.3 Å². The molecule has 0 radical (unpaired) electrons. The Morgan fingerprint density at radius 2 is 2.09 bits per heavy atom. The van der Waals surface area contributed by atoms with E-state index in [1.54, 1.807) is 11.3 Å². The molecule has 122 valence electrons. The van der Waals surface area contributed by atoms with Gasteiger partial charge in [-0.05, 0) is 37.8 Å². The fourth-order valence-electron chi connectivity index (χ4n) is 2.69. The number of hydrogen-bond acceptors (Lipinski definition) is 4. The number of piperidine rings is 1. The molecule has 0 aliphatic carbocycles. The van der Waals surface area contributed by atoms with Crippen molar-refractivity contribution in [3.8, 4) is 0 Å². The van der Waals surface area contributed by atoms with Crippen molar-refractivity contribution in [2.75, 3.05) is 33.2 Å². The Kier molecular flexibility index (Phi) is 6.86. The number of rotatable bonds is 7. The lowest BCUT2D eigenvalue weighted by molar-refractivity contribution is -0.135. The standard InChI is InChI=1S/C16H25N3O2S/c1-17-8-5-15(20)19-10-6-13(7-11-19)16(21)18-9-4-14-3-2-12-22-14/h2-3,12-13,17H,4-11H2,1H3,(H,18,21). The summed E-state index contributed by atoms with van der Waals surface area (Å²) in [5.41, 5.74) is 0. The SMILES string of the molecule is CNCCC(=O)N1CCC(C(=O)NCCc2cccs2)CC1. The van der Waals surface area contributed by atoms with Crippen LogP contribution >= 0.6 is 11.3 Å². The molecular weight excluding hydrogens is 298 g/mol. The molecule has 0 bridgehead atoms. The molecule has 2 heterocycles. The maximum atomic E-state index is 12.2. The maximum Gasteiger partial charge on any atom is 0.223 e. The molecule has 0 atom stereocenters. The maximum absolute atomic E-state index is 12.2. The summed E-state index contributed by atoms with van der Waals surface area (Å²) in [6.07, 6.45) is 2.98. The van der Waals surface area contributed by atoms with Crippen LogP contribution in [0.2, 0.25) is 0 Å². The largest absolute Gasteiger partial charge is 0.355 e. The van der Waals surface area contributed by atoms with Crippen molar-refractivity contribution in [1.29, 1.82) is 0 Å². The van der Waals surface area contributed by atoms with E-state index in [4.69, 9.17) is 0 Å². The van der Waals surface area contributed by atoms with E-state index in [-0.39, 0.29) is 17.7 Å². The zero-order chi connectivity index (χ0) is 15.8. The highest BCUT2D eigenvalue weighted by molar-refractivity contribution is 7.09. The normalized spacial score (nSPS) is 15.8. The second-order valence-corrected chi connectivity index (χ2v) is 6.66. The highest BCUT2D eigenvalue weighted by Crippen LogP contribution is 2.18. The van der Waals surface area contributed by atoms with E-state index in [1.165, 1.54) is 4.88 Å². The van der Waals surface area contributed by atoms with Crippen molar-refractivity contribution in [3.63, 3.8) is 0 Å². The molecule has 1 fully saturated rings. The Hall–Kier alpha value is -1.40. The van der Waals surface area contributed by atoms with Gasteiger partial charge in [0.1, 0.15) is 0 Å². The molecule has 1 saturated heterocycles. The highest BCUT2D eigenvalue weighted by Gasteiger charge is 2.26. The fraction of sp³-hybridized carbons (Fsp3) is 0.625. The van der Waals surface area contributed by atoms with Crippen molar-refractivity contribution in [3.05, 3.63) is 22.4 Å². The smallest absolute Gasteiger partial charge is 0.223 e. The predicted molar refractivity (Wildman–Crippen MR) is 88.9 cm³/mol. The summed E-state index contributed by atoms with van der Waals surface area (Å²) in [5, 5.41) is 8.07. The zero-order valence-electron chi connectivity index (χ0n) is 13.1. The summed E-state index contributed by atoms with van der Waals surface area (Å²) in [7, 11) is 1.85. The summed E-state index contributed by atoms with van der Waals surface area (Å²) in [4.78, 5) is 27.3. The van der Waals surface area contributed by atoms with Crippen LogP contribution in [0.5, 0.6) is 0 Å². The van der Waals surface area contributed by atoms with E-state index >= 15 is 0 Å². The van der Waals surface area contributed by atoms with E-state index in [2.05, 4.69) is 22.1 Å². The van der Waals surface area contributed by atoms with Crippen molar-refractivity contribution >= 4 is 23.2 Å². The summed E-state index contributed by atoms with van der Waals surface area (Å²) in [5.74, 6) is 0.376. The number of nitrogens with one attached hydrogen (secondary N) is 2. The number of hydrogen-bond donors (Lipinski definition) is 2. The van der Waals surface area contributed by atoms with Crippen LogP contribution < -0.4 is 10.6 Å². The summed E-state index contributed by atoms with van der Waals surface area (Å²) in [6.45, 7) is 2.81. The number of carbonyl (C=O) groups excluding carboxylic acids is 2.